The highest BCUT2D eigenvalue weighted by molar-refractivity contribution is 7.89. The van der Waals surface area contributed by atoms with E-state index in [4.69, 9.17) is 4.74 Å². The molecule has 32 heavy (non-hydrogen) atoms. The summed E-state index contributed by atoms with van der Waals surface area (Å²) in [5.41, 5.74) is 1.02. The Morgan fingerprint density at radius 2 is 1.84 bits per heavy atom. The number of sulfonamides is 1. The maximum atomic E-state index is 13.7. The summed E-state index contributed by atoms with van der Waals surface area (Å²) in [7, 11) is -0.434. The van der Waals surface area contributed by atoms with Gasteiger partial charge in [-0.3, -0.25) is 4.79 Å². The molecule has 8 heteroatoms. The Labute approximate surface area is 189 Å². The summed E-state index contributed by atoms with van der Waals surface area (Å²) in [5.74, 6) is -0.186. The molecule has 0 bridgehead atoms. The van der Waals surface area contributed by atoms with Crippen LogP contribution in [-0.4, -0.2) is 60.9 Å². The van der Waals surface area contributed by atoms with E-state index in [2.05, 4.69) is 0 Å². The highest BCUT2D eigenvalue weighted by Crippen LogP contribution is 2.30. The third-order valence-corrected chi connectivity index (χ3v) is 7.82. The molecule has 3 aromatic rings. The van der Waals surface area contributed by atoms with Crippen molar-refractivity contribution in [2.75, 3.05) is 26.8 Å². The molecule has 7 nitrogen and oxygen atoms in total. The lowest BCUT2D eigenvalue weighted by Crippen LogP contribution is -2.44. The van der Waals surface area contributed by atoms with E-state index < -0.39 is 10.0 Å². The Kier molecular flexibility index (Phi) is 6.64. The largest absolute Gasteiger partial charge is 0.383 e. The van der Waals surface area contributed by atoms with Crippen molar-refractivity contribution >= 4 is 26.7 Å². The molecule has 1 saturated carbocycles. The molecule has 4 rings (SSSR count). The van der Waals surface area contributed by atoms with Crippen LogP contribution >= 0.6 is 0 Å². The first-order valence-electron chi connectivity index (χ1n) is 10.8. The van der Waals surface area contributed by atoms with Crippen molar-refractivity contribution in [1.29, 1.82) is 0 Å². The number of rotatable bonds is 10. The van der Waals surface area contributed by atoms with Gasteiger partial charge in [-0.25, -0.2) is 8.42 Å². The van der Waals surface area contributed by atoms with E-state index >= 15 is 0 Å². The van der Waals surface area contributed by atoms with Gasteiger partial charge in [-0.1, -0.05) is 36.4 Å². The van der Waals surface area contributed by atoms with Crippen molar-refractivity contribution in [2.24, 2.45) is 7.05 Å². The molecule has 1 aliphatic rings. The summed E-state index contributed by atoms with van der Waals surface area (Å²) in [6, 6.07) is 16.7. The number of benzene rings is 2. The zero-order valence-corrected chi connectivity index (χ0v) is 19.3. The van der Waals surface area contributed by atoms with E-state index in [1.54, 1.807) is 18.2 Å². The SMILES string of the molecule is COCCN(CC(=O)N(Cc1cccn1C)C1CC1)S(=O)(=O)c1cccc2ccccc12. The predicted octanol–water partition coefficient (Wildman–Crippen LogP) is 3.01. The van der Waals surface area contributed by atoms with Crippen molar-refractivity contribution in [1.82, 2.24) is 13.8 Å². The highest BCUT2D eigenvalue weighted by Gasteiger charge is 2.36. The number of hydrogen-bond acceptors (Lipinski definition) is 4. The van der Waals surface area contributed by atoms with Crippen molar-refractivity contribution in [3.63, 3.8) is 0 Å². The van der Waals surface area contributed by atoms with Crippen LogP contribution in [0.25, 0.3) is 10.8 Å². The van der Waals surface area contributed by atoms with Crippen molar-refractivity contribution in [3.05, 3.63) is 66.5 Å². The van der Waals surface area contributed by atoms with Crippen LogP contribution in [0.1, 0.15) is 18.5 Å². The number of amides is 1. The molecule has 0 radical (unpaired) electrons. The lowest BCUT2D eigenvalue weighted by Gasteiger charge is -2.27. The molecule has 2 aromatic carbocycles. The van der Waals surface area contributed by atoms with Crippen LogP contribution < -0.4 is 0 Å². The van der Waals surface area contributed by atoms with Gasteiger partial charge in [-0.05, 0) is 36.4 Å². The summed E-state index contributed by atoms with van der Waals surface area (Å²) in [6.07, 6.45) is 3.84. The summed E-state index contributed by atoms with van der Waals surface area (Å²) in [4.78, 5) is 15.4. The van der Waals surface area contributed by atoms with E-state index in [0.717, 1.165) is 23.9 Å². The number of aryl methyl sites for hydroxylation is 1. The second kappa shape index (κ2) is 9.44. The van der Waals surface area contributed by atoms with Crippen LogP contribution in [0.3, 0.4) is 0 Å². The first kappa shape index (κ1) is 22.5. The summed E-state index contributed by atoms with van der Waals surface area (Å²) in [5, 5.41) is 1.49. The normalized spacial score (nSPS) is 14.2. The van der Waals surface area contributed by atoms with Gasteiger partial charge in [0, 0.05) is 44.0 Å². The van der Waals surface area contributed by atoms with Crippen molar-refractivity contribution in [2.45, 2.75) is 30.3 Å². The molecule has 0 aliphatic heterocycles. The molecule has 1 amide bonds. The minimum atomic E-state index is -3.90. The number of methoxy groups -OCH3 is 1. The lowest BCUT2D eigenvalue weighted by molar-refractivity contribution is -0.132. The van der Waals surface area contributed by atoms with Crippen molar-refractivity contribution in [3.8, 4) is 0 Å². The molecule has 0 atom stereocenters. The Morgan fingerprint density at radius 1 is 1.09 bits per heavy atom. The number of carbonyl (C=O) groups excluding carboxylic acids is 1. The van der Waals surface area contributed by atoms with Gasteiger partial charge in [0.05, 0.1) is 24.6 Å². The van der Waals surface area contributed by atoms with Gasteiger partial charge in [-0.15, -0.1) is 0 Å². The smallest absolute Gasteiger partial charge is 0.244 e. The van der Waals surface area contributed by atoms with E-state index in [0.29, 0.717) is 11.9 Å². The van der Waals surface area contributed by atoms with Gasteiger partial charge in [0.25, 0.3) is 0 Å². The number of aromatic nitrogens is 1. The molecule has 1 fully saturated rings. The second-order valence-electron chi connectivity index (χ2n) is 8.17. The Morgan fingerprint density at radius 3 is 2.53 bits per heavy atom. The third kappa shape index (κ3) is 4.72. The van der Waals surface area contributed by atoms with Gasteiger partial charge in [-0.2, -0.15) is 4.31 Å². The van der Waals surface area contributed by atoms with E-state index in [1.165, 1.54) is 11.4 Å². The molecular formula is C24H29N3O4S. The quantitative estimate of drug-likeness (QED) is 0.471. The van der Waals surface area contributed by atoms with E-state index in [-0.39, 0.29) is 36.5 Å². The van der Waals surface area contributed by atoms with Crippen LogP contribution in [0.15, 0.2) is 65.7 Å². The fraction of sp³-hybridized carbons (Fsp3) is 0.375. The molecule has 0 N–H and O–H groups in total. The summed E-state index contributed by atoms with van der Waals surface area (Å²) in [6.45, 7) is 0.574. The van der Waals surface area contributed by atoms with Crippen LogP contribution in [0.4, 0.5) is 0 Å². The van der Waals surface area contributed by atoms with Crippen LogP contribution in [0.2, 0.25) is 0 Å². The zero-order chi connectivity index (χ0) is 22.7. The van der Waals surface area contributed by atoms with Gasteiger partial charge in [0.15, 0.2) is 0 Å². The highest BCUT2D eigenvalue weighted by atomic mass is 32.2. The zero-order valence-electron chi connectivity index (χ0n) is 18.5. The van der Waals surface area contributed by atoms with E-state index in [1.807, 2.05) is 59.1 Å². The molecular weight excluding hydrogens is 426 g/mol. The number of ether oxygens (including phenoxy) is 1. The maximum absolute atomic E-state index is 13.7. The monoisotopic (exact) mass is 455 g/mol. The van der Waals surface area contributed by atoms with Crippen molar-refractivity contribution < 1.29 is 17.9 Å². The lowest BCUT2D eigenvalue weighted by atomic mass is 10.1. The summed E-state index contributed by atoms with van der Waals surface area (Å²) >= 11 is 0. The molecule has 0 saturated heterocycles. The van der Waals surface area contributed by atoms with Gasteiger partial charge in [0.1, 0.15) is 0 Å². The molecule has 0 spiro atoms. The first-order chi connectivity index (χ1) is 15.4. The minimum absolute atomic E-state index is 0.108. The minimum Gasteiger partial charge on any atom is -0.383 e. The molecule has 170 valence electrons. The van der Waals surface area contributed by atoms with E-state index in [9.17, 15) is 13.2 Å². The Hall–Kier alpha value is -2.68. The van der Waals surface area contributed by atoms with Gasteiger partial charge >= 0.3 is 0 Å². The molecule has 1 aromatic heterocycles. The Balaban J connectivity index is 1.62. The molecule has 0 unspecified atom stereocenters. The maximum Gasteiger partial charge on any atom is 0.244 e. The van der Waals surface area contributed by atoms with Crippen LogP contribution in [0, 0.1) is 0 Å². The number of fused-ring (bicyclic) bond motifs is 1. The Bertz CT molecular complexity index is 1200. The average molecular weight is 456 g/mol. The van der Waals surface area contributed by atoms with Gasteiger partial charge in [0.2, 0.25) is 15.9 Å². The van der Waals surface area contributed by atoms with Crippen LogP contribution in [0.5, 0.6) is 0 Å². The van der Waals surface area contributed by atoms with Gasteiger partial charge < -0.3 is 14.2 Å². The molecule has 1 heterocycles. The first-order valence-corrected chi connectivity index (χ1v) is 12.2. The second-order valence-corrected chi connectivity index (χ2v) is 10.1. The summed E-state index contributed by atoms with van der Waals surface area (Å²) < 4.78 is 35.7. The number of carbonyl (C=O) groups is 1. The third-order valence-electron chi connectivity index (χ3n) is 5.92. The van der Waals surface area contributed by atoms with Crippen LogP contribution in [-0.2, 0) is 33.1 Å². The fourth-order valence-corrected chi connectivity index (χ4v) is 5.51. The average Bonchev–Trinajstić information content (AvgIpc) is 3.55. The standard InChI is InChI=1S/C24H29N3O4S/c1-25-14-6-9-21(25)17-27(20-12-13-20)24(28)18-26(15-16-31-2)32(29,30)23-11-5-8-19-7-3-4-10-22(19)23/h3-11,14,20H,12-13,15-18H2,1-2H3. The topological polar surface area (TPSA) is 71.8 Å². The fourth-order valence-electron chi connectivity index (χ4n) is 3.92. The molecule has 1 aliphatic carbocycles. The number of nitrogens with zero attached hydrogens (tertiary/aromatic N) is 3. The number of hydrogen-bond donors (Lipinski definition) is 0. The predicted molar refractivity (Wildman–Crippen MR) is 124 cm³/mol.